The maximum absolute atomic E-state index is 6.05. The smallest absolute Gasteiger partial charge is 0.129 e. The summed E-state index contributed by atoms with van der Waals surface area (Å²) in [5.74, 6) is 3.36. The fourth-order valence-electron chi connectivity index (χ4n) is 2.01. The Morgan fingerprint density at radius 3 is 2.38 bits per heavy atom. The predicted molar refractivity (Wildman–Crippen MR) is 94.7 cm³/mol. The summed E-state index contributed by atoms with van der Waals surface area (Å²) in [5, 5.41) is 0. The van der Waals surface area contributed by atoms with Crippen molar-refractivity contribution < 1.29 is 4.74 Å². The van der Waals surface area contributed by atoms with Crippen LogP contribution in [0.2, 0.25) is 19.6 Å². The molecule has 0 heterocycles. The van der Waals surface area contributed by atoms with Gasteiger partial charge in [0.25, 0.3) is 0 Å². The van der Waals surface area contributed by atoms with Crippen molar-refractivity contribution in [3.05, 3.63) is 48.6 Å². The molecule has 0 saturated carbocycles. The van der Waals surface area contributed by atoms with Gasteiger partial charge in [-0.3, -0.25) is 0 Å². The third kappa shape index (κ3) is 6.79. The molecule has 1 nitrogen and oxygen atoms in total. The summed E-state index contributed by atoms with van der Waals surface area (Å²) < 4.78 is 6.05. The molecule has 0 amide bonds. The molecule has 1 atom stereocenters. The standard InChI is InChI=1S/C19H28OSi/c1-7-18(20-16-17-12-9-8-10-13-17)19(2,3)14-11-15-21(4,5)6/h7-10,12-13,18H,1,14,16H2,2-6H3. The molecule has 1 unspecified atom stereocenters. The maximum atomic E-state index is 6.05. The van der Waals surface area contributed by atoms with Crippen LogP contribution in [0.4, 0.5) is 0 Å². The van der Waals surface area contributed by atoms with Crippen molar-refractivity contribution in [3.8, 4) is 11.5 Å². The summed E-state index contributed by atoms with van der Waals surface area (Å²) in [5.41, 5.74) is 4.59. The first-order chi connectivity index (χ1) is 9.74. The van der Waals surface area contributed by atoms with Crippen molar-refractivity contribution in [3.63, 3.8) is 0 Å². The molecule has 0 fully saturated rings. The van der Waals surface area contributed by atoms with Crippen LogP contribution in [0.3, 0.4) is 0 Å². The SMILES string of the molecule is C=CC(OCc1ccccc1)C(C)(C)CC#C[Si](C)(C)C. The molecule has 1 aromatic carbocycles. The molecular formula is C19H28OSi. The van der Waals surface area contributed by atoms with Crippen molar-refractivity contribution in [2.75, 3.05) is 0 Å². The molecule has 0 aromatic heterocycles. The van der Waals surface area contributed by atoms with Crippen molar-refractivity contribution in [1.29, 1.82) is 0 Å². The van der Waals surface area contributed by atoms with Crippen LogP contribution >= 0.6 is 0 Å². The summed E-state index contributed by atoms with van der Waals surface area (Å²) in [6, 6.07) is 10.2. The highest BCUT2D eigenvalue weighted by Gasteiger charge is 2.27. The summed E-state index contributed by atoms with van der Waals surface area (Å²) in [6.45, 7) is 15.7. The molecule has 0 bridgehead atoms. The predicted octanol–water partition coefficient (Wildman–Crippen LogP) is 5.05. The molecule has 0 N–H and O–H groups in total. The van der Waals surface area contributed by atoms with Crippen LogP contribution in [0.5, 0.6) is 0 Å². The second-order valence-corrected chi connectivity index (χ2v) is 11.9. The fourth-order valence-corrected chi connectivity index (χ4v) is 2.63. The molecular weight excluding hydrogens is 272 g/mol. The van der Waals surface area contributed by atoms with Gasteiger partial charge in [-0.05, 0) is 5.56 Å². The topological polar surface area (TPSA) is 9.23 Å². The van der Waals surface area contributed by atoms with Crippen LogP contribution in [0.15, 0.2) is 43.0 Å². The monoisotopic (exact) mass is 300 g/mol. The molecule has 2 heteroatoms. The van der Waals surface area contributed by atoms with Crippen LogP contribution in [-0.4, -0.2) is 14.2 Å². The van der Waals surface area contributed by atoms with Crippen LogP contribution < -0.4 is 0 Å². The van der Waals surface area contributed by atoms with E-state index in [4.69, 9.17) is 4.74 Å². The lowest BCUT2D eigenvalue weighted by molar-refractivity contribution is -0.00162. The Kier molecular flexibility index (Phi) is 6.45. The van der Waals surface area contributed by atoms with Gasteiger partial charge in [0.15, 0.2) is 0 Å². The van der Waals surface area contributed by atoms with E-state index in [0.29, 0.717) is 6.61 Å². The van der Waals surface area contributed by atoms with Gasteiger partial charge in [0.2, 0.25) is 0 Å². The Labute approximate surface area is 131 Å². The van der Waals surface area contributed by atoms with Crippen molar-refractivity contribution in [2.45, 2.75) is 52.6 Å². The molecule has 1 rings (SSSR count). The summed E-state index contributed by atoms with van der Waals surface area (Å²) >= 11 is 0. The quantitative estimate of drug-likeness (QED) is 0.405. The highest BCUT2D eigenvalue weighted by atomic mass is 28.3. The van der Waals surface area contributed by atoms with Gasteiger partial charge in [-0.25, -0.2) is 0 Å². The Balaban J connectivity index is 2.64. The zero-order valence-corrected chi connectivity index (χ0v) is 15.1. The first-order valence-corrected chi connectivity index (χ1v) is 11.0. The first kappa shape index (κ1) is 17.7. The third-order valence-electron chi connectivity index (χ3n) is 3.26. The lowest BCUT2D eigenvalue weighted by Gasteiger charge is -2.30. The van der Waals surface area contributed by atoms with E-state index in [1.54, 1.807) is 0 Å². The minimum atomic E-state index is -1.30. The summed E-state index contributed by atoms with van der Waals surface area (Å²) in [4.78, 5) is 0. The van der Waals surface area contributed by atoms with Gasteiger partial charge in [-0.1, -0.05) is 69.9 Å². The molecule has 0 radical (unpaired) electrons. The molecule has 0 aliphatic rings. The van der Waals surface area contributed by atoms with E-state index in [1.807, 2.05) is 24.3 Å². The molecule has 0 spiro atoms. The Bertz CT molecular complexity index is 500. The van der Waals surface area contributed by atoms with Crippen LogP contribution in [0, 0.1) is 16.9 Å². The van der Waals surface area contributed by atoms with E-state index in [2.05, 4.69) is 63.7 Å². The van der Waals surface area contributed by atoms with Crippen molar-refractivity contribution in [1.82, 2.24) is 0 Å². The Morgan fingerprint density at radius 2 is 1.86 bits per heavy atom. The van der Waals surface area contributed by atoms with Gasteiger partial charge in [0.1, 0.15) is 8.07 Å². The van der Waals surface area contributed by atoms with Gasteiger partial charge in [-0.2, -0.15) is 0 Å². The van der Waals surface area contributed by atoms with E-state index < -0.39 is 8.07 Å². The highest BCUT2D eigenvalue weighted by Crippen LogP contribution is 2.28. The lowest BCUT2D eigenvalue weighted by atomic mass is 9.83. The first-order valence-electron chi connectivity index (χ1n) is 7.53. The number of benzene rings is 1. The largest absolute Gasteiger partial charge is 0.369 e. The maximum Gasteiger partial charge on any atom is 0.129 e. The summed E-state index contributed by atoms with van der Waals surface area (Å²) in [6.07, 6.45) is 2.75. The van der Waals surface area contributed by atoms with Crippen LogP contribution in [-0.2, 0) is 11.3 Å². The zero-order valence-electron chi connectivity index (χ0n) is 14.1. The average molecular weight is 301 g/mol. The minimum absolute atomic E-state index is 0.00800. The lowest BCUT2D eigenvalue weighted by Crippen LogP contribution is -2.30. The second kappa shape index (κ2) is 7.63. The Hall–Kier alpha value is -1.30. The van der Waals surface area contributed by atoms with Crippen LogP contribution in [0.25, 0.3) is 0 Å². The highest BCUT2D eigenvalue weighted by molar-refractivity contribution is 6.83. The fraction of sp³-hybridized carbons (Fsp3) is 0.474. The zero-order chi connectivity index (χ0) is 15.9. The molecule has 0 aliphatic carbocycles. The van der Waals surface area contributed by atoms with E-state index in [9.17, 15) is 0 Å². The number of ether oxygens (including phenoxy) is 1. The van der Waals surface area contributed by atoms with Gasteiger partial charge in [-0.15, -0.1) is 18.0 Å². The van der Waals surface area contributed by atoms with Gasteiger partial charge >= 0.3 is 0 Å². The third-order valence-corrected chi connectivity index (χ3v) is 4.19. The number of hydrogen-bond donors (Lipinski definition) is 0. The molecule has 21 heavy (non-hydrogen) atoms. The van der Waals surface area contributed by atoms with E-state index >= 15 is 0 Å². The minimum Gasteiger partial charge on any atom is -0.369 e. The summed E-state index contributed by atoms with van der Waals surface area (Å²) in [7, 11) is -1.30. The van der Waals surface area contributed by atoms with Crippen LogP contribution in [0.1, 0.15) is 25.8 Å². The van der Waals surface area contributed by atoms with E-state index in [0.717, 1.165) is 6.42 Å². The molecule has 1 aromatic rings. The number of rotatable bonds is 6. The molecule has 0 aliphatic heterocycles. The number of hydrogen-bond acceptors (Lipinski definition) is 1. The van der Waals surface area contributed by atoms with E-state index in [1.165, 1.54) is 5.56 Å². The van der Waals surface area contributed by atoms with E-state index in [-0.39, 0.29) is 11.5 Å². The Morgan fingerprint density at radius 1 is 1.24 bits per heavy atom. The molecule has 0 saturated heterocycles. The molecule has 114 valence electrons. The normalized spacial score (nSPS) is 13.2. The average Bonchev–Trinajstić information content (AvgIpc) is 2.38. The van der Waals surface area contributed by atoms with Gasteiger partial charge in [0.05, 0.1) is 12.7 Å². The van der Waals surface area contributed by atoms with Gasteiger partial charge < -0.3 is 4.74 Å². The van der Waals surface area contributed by atoms with Crippen molar-refractivity contribution >= 4 is 8.07 Å². The van der Waals surface area contributed by atoms with Gasteiger partial charge in [0, 0.05) is 11.8 Å². The van der Waals surface area contributed by atoms with Crippen molar-refractivity contribution in [2.24, 2.45) is 5.41 Å². The second-order valence-electron chi connectivity index (χ2n) is 7.17.